The number of fused-ring (bicyclic) bond motifs is 1. The highest BCUT2D eigenvalue weighted by atomic mass is 35.5. The molecule has 1 aliphatic rings. The van der Waals surface area contributed by atoms with Gasteiger partial charge in [-0.25, -0.2) is 8.42 Å². The highest BCUT2D eigenvalue weighted by Gasteiger charge is 2.31. The first-order chi connectivity index (χ1) is 11.2. The maximum atomic E-state index is 12.3. The fourth-order valence-electron chi connectivity index (χ4n) is 2.48. The van der Waals surface area contributed by atoms with Crippen LogP contribution in [0.2, 0.25) is 5.02 Å². The number of nitrogens with one attached hydrogen (secondary N) is 1. The maximum Gasteiger partial charge on any atom is 0.261 e. The number of benzene rings is 1. The Hall–Kier alpha value is -1.47. The largest absolute Gasteiger partial charge is 0.478 e. The number of hydrogen-bond donors (Lipinski definition) is 1. The Morgan fingerprint density at radius 3 is 2.79 bits per heavy atom. The molecule has 8 heteroatoms. The average Bonchev–Trinajstić information content (AvgIpc) is 2.65. The lowest BCUT2D eigenvalue weighted by Gasteiger charge is -2.21. The van der Waals surface area contributed by atoms with Crippen LogP contribution in [0.25, 0.3) is 0 Å². The first kappa shape index (κ1) is 18.9. The molecular weight excluding hydrogens is 352 g/mol. The standard InChI is InChI=1S/C16H23ClN2O4S/c1-11(2)6-8-18-16(20)15-7-9-19(24(3,21)22)13-10-12(17)4-5-14(13)23-15/h4-5,10-11,15H,6-9H2,1-3H3,(H,18,20)/t15-/m1/s1. The van der Waals surface area contributed by atoms with Crippen LogP contribution in [0.5, 0.6) is 5.75 Å². The second-order valence-electron chi connectivity index (χ2n) is 6.32. The maximum absolute atomic E-state index is 12.3. The normalized spacial score (nSPS) is 17.9. The fourth-order valence-corrected chi connectivity index (χ4v) is 3.58. The number of rotatable bonds is 5. The molecule has 0 saturated heterocycles. The quantitative estimate of drug-likeness (QED) is 0.858. The van der Waals surface area contributed by atoms with E-state index < -0.39 is 16.1 Å². The third kappa shape index (κ3) is 4.77. The van der Waals surface area contributed by atoms with Crippen LogP contribution >= 0.6 is 11.6 Å². The van der Waals surface area contributed by atoms with E-state index in [-0.39, 0.29) is 18.9 Å². The van der Waals surface area contributed by atoms with Gasteiger partial charge in [0.1, 0.15) is 5.75 Å². The van der Waals surface area contributed by atoms with Gasteiger partial charge >= 0.3 is 0 Å². The van der Waals surface area contributed by atoms with Crippen LogP contribution in [0, 0.1) is 5.92 Å². The zero-order valence-electron chi connectivity index (χ0n) is 14.1. The van der Waals surface area contributed by atoms with Crippen molar-refractivity contribution in [3.63, 3.8) is 0 Å². The fraction of sp³-hybridized carbons (Fsp3) is 0.562. The molecule has 0 fully saturated rings. The minimum Gasteiger partial charge on any atom is -0.478 e. The van der Waals surface area contributed by atoms with E-state index in [0.29, 0.717) is 28.9 Å². The van der Waals surface area contributed by atoms with Gasteiger partial charge in [-0.3, -0.25) is 9.10 Å². The second-order valence-corrected chi connectivity index (χ2v) is 8.66. The molecule has 1 N–H and O–H groups in total. The van der Waals surface area contributed by atoms with Crippen molar-refractivity contribution in [1.29, 1.82) is 0 Å². The molecule has 0 aromatic heterocycles. The Morgan fingerprint density at radius 2 is 2.17 bits per heavy atom. The highest BCUT2D eigenvalue weighted by Crippen LogP contribution is 2.36. The molecule has 1 aromatic rings. The second kappa shape index (κ2) is 7.61. The van der Waals surface area contributed by atoms with Gasteiger partial charge in [0.2, 0.25) is 10.0 Å². The molecule has 2 rings (SSSR count). The molecule has 1 amide bonds. The van der Waals surface area contributed by atoms with Crippen molar-refractivity contribution in [2.45, 2.75) is 32.8 Å². The monoisotopic (exact) mass is 374 g/mol. The number of sulfonamides is 1. The van der Waals surface area contributed by atoms with Gasteiger partial charge in [-0.05, 0) is 30.5 Å². The molecule has 1 aliphatic heterocycles. The summed E-state index contributed by atoms with van der Waals surface area (Å²) in [7, 11) is -3.49. The van der Waals surface area contributed by atoms with Crippen molar-refractivity contribution in [3.05, 3.63) is 23.2 Å². The van der Waals surface area contributed by atoms with E-state index in [1.54, 1.807) is 12.1 Å². The van der Waals surface area contributed by atoms with Crippen molar-refractivity contribution in [2.75, 3.05) is 23.7 Å². The molecule has 0 bridgehead atoms. The highest BCUT2D eigenvalue weighted by molar-refractivity contribution is 7.92. The number of carbonyl (C=O) groups is 1. The van der Waals surface area contributed by atoms with Gasteiger partial charge in [0.25, 0.3) is 5.91 Å². The Bertz CT molecular complexity index is 706. The first-order valence-electron chi connectivity index (χ1n) is 7.90. The zero-order valence-corrected chi connectivity index (χ0v) is 15.7. The van der Waals surface area contributed by atoms with Crippen molar-refractivity contribution in [1.82, 2.24) is 5.32 Å². The van der Waals surface area contributed by atoms with Crippen molar-refractivity contribution in [3.8, 4) is 5.75 Å². The van der Waals surface area contributed by atoms with Gasteiger partial charge in [0.05, 0.1) is 11.9 Å². The Balaban J connectivity index is 2.21. The van der Waals surface area contributed by atoms with Gasteiger partial charge in [0, 0.05) is 24.5 Å². The van der Waals surface area contributed by atoms with Crippen LogP contribution in [0.1, 0.15) is 26.7 Å². The van der Waals surface area contributed by atoms with Crippen molar-refractivity contribution >= 4 is 33.2 Å². The summed E-state index contributed by atoms with van der Waals surface area (Å²) in [5.74, 6) is 0.599. The van der Waals surface area contributed by atoms with E-state index in [1.807, 2.05) is 0 Å². The van der Waals surface area contributed by atoms with Crippen molar-refractivity contribution < 1.29 is 17.9 Å². The molecule has 24 heavy (non-hydrogen) atoms. The smallest absolute Gasteiger partial charge is 0.261 e. The van der Waals surface area contributed by atoms with Crippen molar-refractivity contribution in [2.24, 2.45) is 5.92 Å². The van der Waals surface area contributed by atoms with Gasteiger partial charge in [-0.2, -0.15) is 0 Å². The molecule has 1 atom stereocenters. The van der Waals surface area contributed by atoms with Gasteiger partial charge in [0.15, 0.2) is 6.10 Å². The van der Waals surface area contributed by atoms with E-state index in [2.05, 4.69) is 19.2 Å². The van der Waals surface area contributed by atoms with E-state index in [1.165, 1.54) is 10.4 Å². The topological polar surface area (TPSA) is 75.7 Å². The third-order valence-corrected chi connectivity index (χ3v) is 5.18. The number of ether oxygens (including phenoxy) is 1. The predicted molar refractivity (Wildman–Crippen MR) is 95.1 cm³/mol. The zero-order chi connectivity index (χ0) is 17.9. The Morgan fingerprint density at radius 1 is 1.46 bits per heavy atom. The number of hydrogen-bond acceptors (Lipinski definition) is 4. The summed E-state index contributed by atoms with van der Waals surface area (Å²) in [5, 5.41) is 3.26. The summed E-state index contributed by atoms with van der Waals surface area (Å²) in [6, 6.07) is 4.74. The van der Waals surface area contributed by atoms with Gasteiger partial charge in [-0.15, -0.1) is 0 Å². The van der Waals surface area contributed by atoms with E-state index >= 15 is 0 Å². The van der Waals surface area contributed by atoms with E-state index in [9.17, 15) is 13.2 Å². The lowest BCUT2D eigenvalue weighted by Crippen LogP contribution is -2.40. The molecular formula is C16H23ClN2O4S. The molecule has 0 aliphatic carbocycles. The SMILES string of the molecule is CC(C)CCNC(=O)[C@H]1CCN(S(C)(=O)=O)c2cc(Cl)ccc2O1. The summed E-state index contributed by atoms with van der Waals surface area (Å²) < 4.78 is 31.1. The lowest BCUT2D eigenvalue weighted by atomic mass is 10.1. The summed E-state index contributed by atoms with van der Waals surface area (Å²) in [5.41, 5.74) is 0.363. The number of amides is 1. The molecule has 0 saturated carbocycles. The van der Waals surface area contributed by atoms with Crippen LogP contribution in [-0.4, -0.2) is 39.8 Å². The molecule has 0 unspecified atom stereocenters. The summed E-state index contributed by atoms with van der Waals surface area (Å²) >= 11 is 5.99. The Kier molecular flexibility index (Phi) is 5.98. The molecule has 0 radical (unpaired) electrons. The minimum absolute atomic E-state index is 0.161. The number of carbonyl (C=O) groups excluding carboxylic acids is 1. The number of nitrogens with zero attached hydrogens (tertiary/aromatic N) is 1. The summed E-state index contributed by atoms with van der Waals surface area (Å²) in [4.78, 5) is 12.3. The molecule has 1 heterocycles. The van der Waals surface area contributed by atoms with E-state index in [0.717, 1.165) is 12.7 Å². The molecule has 6 nitrogen and oxygen atoms in total. The van der Waals surface area contributed by atoms with Crippen LogP contribution in [0.15, 0.2) is 18.2 Å². The van der Waals surface area contributed by atoms with Crippen LogP contribution in [0.3, 0.4) is 0 Å². The third-order valence-electron chi connectivity index (χ3n) is 3.77. The van der Waals surface area contributed by atoms with Crippen LogP contribution < -0.4 is 14.4 Å². The first-order valence-corrected chi connectivity index (χ1v) is 10.1. The summed E-state index contributed by atoms with van der Waals surface area (Å²) in [6.07, 6.45) is 1.54. The predicted octanol–water partition coefficient (Wildman–Crippen LogP) is 2.42. The van der Waals surface area contributed by atoms with Gasteiger partial charge in [-0.1, -0.05) is 25.4 Å². The number of anilines is 1. The molecule has 1 aromatic carbocycles. The molecule has 134 valence electrons. The lowest BCUT2D eigenvalue weighted by molar-refractivity contribution is -0.128. The van der Waals surface area contributed by atoms with E-state index in [4.69, 9.17) is 16.3 Å². The summed E-state index contributed by atoms with van der Waals surface area (Å²) in [6.45, 7) is 4.89. The average molecular weight is 375 g/mol. The van der Waals surface area contributed by atoms with Crippen LogP contribution in [-0.2, 0) is 14.8 Å². The van der Waals surface area contributed by atoms with Gasteiger partial charge < -0.3 is 10.1 Å². The molecule has 0 spiro atoms. The van der Waals surface area contributed by atoms with Crippen LogP contribution in [0.4, 0.5) is 5.69 Å². The minimum atomic E-state index is -3.49. The Labute approximate surface area is 148 Å². The number of halogens is 1.